The largest absolute Gasteiger partial charge is 0.496 e. The highest BCUT2D eigenvalue weighted by Gasteiger charge is 2.31. The van der Waals surface area contributed by atoms with E-state index >= 15 is 0 Å². The lowest BCUT2D eigenvalue weighted by Gasteiger charge is -2.29. The third kappa shape index (κ3) is 7.46. The average molecular weight is 607 g/mol. The van der Waals surface area contributed by atoms with Gasteiger partial charge in [0.15, 0.2) is 0 Å². The highest BCUT2D eigenvalue weighted by atomic mass is 35.5. The maximum atomic E-state index is 12.0. The van der Waals surface area contributed by atoms with Crippen LogP contribution in [0.5, 0.6) is 17.2 Å². The molecule has 3 atom stereocenters. The van der Waals surface area contributed by atoms with Gasteiger partial charge in [-0.2, -0.15) is 0 Å². The summed E-state index contributed by atoms with van der Waals surface area (Å²) < 4.78 is 23.5. The van der Waals surface area contributed by atoms with Crippen LogP contribution in [0.1, 0.15) is 48.4 Å². The van der Waals surface area contributed by atoms with E-state index in [0.29, 0.717) is 42.0 Å². The number of esters is 1. The monoisotopic (exact) mass is 606 g/mol. The molecule has 7 nitrogen and oxygen atoms in total. The standard InChI is InChI=1S/C35H43ClN2O5/c1-22-15-31(35(39)43-22)37-18-27-16-30(36)34(17-33(27)40-5)42-21-26-10-6-11-28(23(26)2)29-12-7-13-32(24(29)3)41-20-25-9-8-14-38(4)19-25/h6-7,10-13,16-17,22,25,31,37H,8-9,14-15,18-21H2,1-5H3. The normalized spacial score (nSPS) is 20.6. The Labute approximate surface area is 260 Å². The summed E-state index contributed by atoms with van der Waals surface area (Å²) in [5, 5.41) is 3.74. The Morgan fingerprint density at radius 2 is 1.77 bits per heavy atom. The number of nitrogens with one attached hydrogen (secondary N) is 1. The zero-order chi connectivity index (χ0) is 30.5. The number of hydrogen-bond acceptors (Lipinski definition) is 7. The molecule has 3 aromatic rings. The number of nitrogens with zero attached hydrogens (tertiary/aromatic N) is 1. The van der Waals surface area contributed by atoms with Crippen LogP contribution in [0.25, 0.3) is 11.1 Å². The first kappa shape index (κ1) is 31.2. The van der Waals surface area contributed by atoms with Crippen LogP contribution >= 0.6 is 11.6 Å². The predicted octanol–water partition coefficient (Wildman–Crippen LogP) is 6.73. The number of carbonyl (C=O) groups excluding carboxylic acids is 1. The fourth-order valence-corrected chi connectivity index (χ4v) is 6.38. The lowest BCUT2D eigenvalue weighted by molar-refractivity contribution is -0.142. The van der Waals surface area contributed by atoms with Gasteiger partial charge in [0.25, 0.3) is 0 Å². The van der Waals surface area contributed by atoms with E-state index in [9.17, 15) is 4.79 Å². The molecule has 1 N–H and O–H groups in total. The van der Waals surface area contributed by atoms with Crippen molar-refractivity contribution in [1.29, 1.82) is 0 Å². The zero-order valence-electron chi connectivity index (χ0n) is 25.9. The topological polar surface area (TPSA) is 69.3 Å². The van der Waals surface area contributed by atoms with E-state index in [4.69, 9.17) is 30.5 Å². The molecule has 3 unspecified atom stereocenters. The van der Waals surface area contributed by atoms with Gasteiger partial charge in [0.1, 0.15) is 36.0 Å². The third-order valence-corrected chi connectivity index (χ3v) is 8.94. The fourth-order valence-electron chi connectivity index (χ4n) is 6.14. The summed E-state index contributed by atoms with van der Waals surface area (Å²) in [7, 11) is 3.80. The number of cyclic esters (lactones) is 1. The number of hydrogen-bond donors (Lipinski definition) is 1. The van der Waals surface area contributed by atoms with E-state index in [1.165, 1.54) is 19.4 Å². The second kappa shape index (κ2) is 14.0. The highest BCUT2D eigenvalue weighted by molar-refractivity contribution is 6.32. The van der Waals surface area contributed by atoms with Crippen LogP contribution in [0.2, 0.25) is 5.02 Å². The molecule has 0 bridgehead atoms. The minimum absolute atomic E-state index is 0.0804. The van der Waals surface area contributed by atoms with Crippen LogP contribution in [0.3, 0.4) is 0 Å². The summed E-state index contributed by atoms with van der Waals surface area (Å²) in [5.41, 5.74) is 6.53. The van der Waals surface area contributed by atoms with Crippen molar-refractivity contribution in [3.05, 3.63) is 75.8 Å². The number of rotatable bonds is 11. The van der Waals surface area contributed by atoms with Crippen molar-refractivity contribution >= 4 is 17.6 Å². The molecular formula is C35H43ClN2O5. The maximum Gasteiger partial charge on any atom is 0.323 e. The van der Waals surface area contributed by atoms with Gasteiger partial charge < -0.3 is 29.2 Å². The number of ether oxygens (including phenoxy) is 4. The molecule has 2 saturated heterocycles. The smallest absolute Gasteiger partial charge is 0.323 e. The first-order chi connectivity index (χ1) is 20.7. The van der Waals surface area contributed by atoms with E-state index in [1.807, 2.05) is 19.1 Å². The summed E-state index contributed by atoms with van der Waals surface area (Å²) in [4.78, 5) is 14.4. The van der Waals surface area contributed by atoms with Gasteiger partial charge in [0.2, 0.25) is 0 Å². The number of benzene rings is 3. The lowest BCUT2D eigenvalue weighted by atomic mass is 9.93. The zero-order valence-corrected chi connectivity index (χ0v) is 26.6. The van der Waals surface area contributed by atoms with Crippen LogP contribution in [-0.2, 0) is 22.7 Å². The van der Waals surface area contributed by atoms with E-state index in [-0.39, 0.29) is 18.1 Å². The molecule has 0 radical (unpaired) electrons. The van der Waals surface area contributed by atoms with Crippen molar-refractivity contribution in [2.45, 2.75) is 65.3 Å². The second-order valence-electron chi connectivity index (χ2n) is 11.9. The Morgan fingerprint density at radius 3 is 2.49 bits per heavy atom. The highest BCUT2D eigenvalue weighted by Crippen LogP contribution is 2.36. The Balaban J connectivity index is 1.27. The first-order valence-electron chi connectivity index (χ1n) is 15.2. The summed E-state index contributed by atoms with van der Waals surface area (Å²) in [6.07, 6.45) is 3.01. The maximum absolute atomic E-state index is 12.0. The van der Waals surface area contributed by atoms with Gasteiger partial charge in [0, 0.05) is 37.1 Å². The quantitative estimate of drug-likeness (QED) is 0.243. The Bertz CT molecular complexity index is 1440. The fraction of sp³-hybridized carbons (Fsp3) is 0.457. The number of halogens is 1. The van der Waals surface area contributed by atoms with Crippen LogP contribution in [0, 0.1) is 19.8 Å². The molecule has 2 aliphatic heterocycles. The summed E-state index contributed by atoms with van der Waals surface area (Å²) in [6.45, 7) is 9.95. The van der Waals surface area contributed by atoms with E-state index < -0.39 is 0 Å². The van der Waals surface area contributed by atoms with Crippen LogP contribution in [-0.4, -0.2) is 56.9 Å². The van der Waals surface area contributed by atoms with Crippen molar-refractivity contribution in [1.82, 2.24) is 10.2 Å². The minimum Gasteiger partial charge on any atom is -0.496 e. The van der Waals surface area contributed by atoms with Gasteiger partial charge in [-0.15, -0.1) is 0 Å². The van der Waals surface area contributed by atoms with Gasteiger partial charge >= 0.3 is 5.97 Å². The van der Waals surface area contributed by atoms with E-state index in [2.05, 4.69) is 67.5 Å². The van der Waals surface area contributed by atoms with Crippen molar-refractivity contribution < 1.29 is 23.7 Å². The third-order valence-electron chi connectivity index (χ3n) is 8.64. The molecule has 43 heavy (non-hydrogen) atoms. The summed E-state index contributed by atoms with van der Waals surface area (Å²) in [5.74, 6) is 2.47. The van der Waals surface area contributed by atoms with E-state index in [0.717, 1.165) is 52.3 Å². The molecular weight excluding hydrogens is 564 g/mol. The van der Waals surface area contributed by atoms with Crippen molar-refractivity contribution in [3.63, 3.8) is 0 Å². The number of carbonyl (C=O) groups is 1. The number of piperidine rings is 1. The molecule has 0 saturated carbocycles. The van der Waals surface area contributed by atoms with Crippen molar-refractivity contribution in [2.24, 2.45) is 5.92 Å². The first-order valence-corrected chi connectivity index (χ1v) is 15.5. The minimum atomic E-state index is -0.334. The van der Waals surface area contributed by atoms with Crippen LogP contribution in [0.4, 0.5) is 0 Å². The molecule has 5 rings (SSSR count). The molecule has 0 amide bonds. The van der Waals surface area contributed by atoms with Gasteiger partial charge in [-0.1, -0.05) is 41.9 Å². The Kier molecular flexibility index (Phi) is 10.2. The molecule has 0 aromatic heterocycles. The molecule has 230 valence electrons. The Hall–Kier alpha value is -3.26. The predicted molar refractivity (Wildman–Crippen MR) is 170 cm³/mol. The number of methoxy groups -OCH3 is 1. The van der Waals surface area contributed by atoms with Gasteiger partial charge in [-0.3, -0.25) is 4.79 Å². The Morgan fingerprint density at radius 1 is 1.00 bits per heavy atom. The van der Waals surface area contributed by atoms with Gasteiger partial charge in [-0.25, -0.2) is 0 Å². The van der Waals surface area contributed by atoms with Crippen LogP contribution in [0.15, 0.2) is 48.5 Å². The van der Waals surface area contributed by atoms with Crippen molar-refractivity contribution in [2.75, 3.05) is 33.9 Å². The molecule has 8 heteroatoms. The molecule has 2 aliphatic rings. The second-order valence-corrected chi connectivity index (χ2v) is 12.3. The lowest BCUT2D eigenvalue weighted by Crippen LogP contribution is -2.34. The average Bonchev–Trinajstić information content (AvgIpc) is 3.32. The van der Waals surface area contributed by atoms with Crippen molar-refractivity contribution in [3.8, 4) is 28.4 Å². The molecule has 2 heterocycles. The summed E-state index contributed by atoms with van der Waals surface area (Å²) in [6, 6.07) is 15.9. The molecule has 3 aromatic carbocycles. The van der Waals surface area contributed by atoms with Crippen LogP contribution < -0.4 is 19.5 Å². The molecule has 0 aliphatic carbocycles. The molecule has 2 fully saturated rings. The van der Waals surface area contributed by atoms with Gasteiger partial charge in [0.05, 0.1) is 18.7 Å². The van der Waals surface area contributed by atoms with E-state index in [1.54, 1.807) is 7.11 Å². The SMILES string of the molecule is COc1cc(OCc2cccc(-c3cccc(OCC4CCCN(C)C4)c3C)c2C)c(Cl)cc1CNC1CC(C)OC1=O. The number of likely N-dealkylation sites (tertiary alicyclic amines) is 1. The van der Waals surface area contributed by atoms with Gasteiger partial charge in [-0.05, 0) is 87.2 Å². The summed E-state index contributed by atoms with van der Waals surface area (Å²) >= 11 is 6.65. The molecule has 0 spiro atoms.